The van der Waals surface area contributed by atoms with E-state index >= 15 is 0 Å². The summed E-state index contributed by atoms with van der Waals surface area (Å²) in [6, 6.07) is 16.1. The molecule has 3 aromatic rings. The van der Waals surface area contributed by atoms with Crippen molar-refractivity contribution in [1.29, 1.82) is 0 Å². The van der Waals surface area contributed by atoms with Crippen molar-refractivity contribution < 1.29 is 0 Å². The van der Waals surface area contributed by atoms with Crippen LogP contribution in [0.2, 0.25) is 0 Å². The number of benzene rings is 2. The standard InChI is InChI=1S/C17H17N3/c1-11(2)12-7-9-13(10-8-12)16-17(18)20-15-6-4-3-5-14(15)19-16/h3-11H,1-2H3,(H2,18,20). The number of anilines is 1. The zero-order valence-electron chi connectivity index (χ0n) is 11.7. The van der Waals surface area contributed by atoms with Crippen molar-refractivity contribution in [2.45, 2.75) is 19.8 Å². The van der Waals surface area contributed by atoms with E-state index in [1.165, 1.54) is 5.56 Å². The van der Waals surface area contributed by atoms with Crippen molar-refractivity contribution in [2.75, 3.05) is 5.73 Å². The van der Waals surface area contributed by atoms with Crippen LogP contribution >= 0.6 is 0 Å². The van der Waals surface area contributed by atoms with Gasteiger partial charge in [-0.25, -0.2) is 9.97 Å². The lowest BCUT2D eigenvalue weighted by Gasteiger charge is -2.09. The van der Waals surface area contributed by atoms with Crippen LogP contribution < -0.4 is 5.73 Å². The fraction of sp³-hybridized carbons (Fsp3) is 0.176. The van der Waals surface area contributed by atoms with E-state index in [4.69, 9.17) is 5.73 Å². The minimum absolute atomic E-state index is 0.473. The Labute approximate surface area is 118 Å². The number of nitrogens with two attached hydrogens (primary N) is 1. The number of fused-ring (bicyclic) bond motifs is 1. The van der Waals surface area contributed by atoms with Crippen molar-refractivity contribution >= 4 is 16.9 Å². The first-order valence-electron chi connectivity index (χ1n) is 6.78. The quantitative estimate of drug-likeness (QED) is 0.760. The maximum atomic E-state index is 6.04. The number of nitrogen functional groups attached to an aromatic ring is 1. The van der Waals surface area contributed by atoms with Crippen molar-refractivity contribution in [3.8, 4) is 11.3 Å². The molecule has 3 rings (SSSR count). The molecule has 3 heteroatoms. The third kappa shape index (κ3) is 2.23. The van der Waals surface area contributed by atoms with Crippen molar-refractivity contribution in [1.82, 2.24) is 9.97 Å². The van der Waals surface area contributed by atoms with Gasteiger partial charge in [-0.15, -0.1) is 0 Å². The van der Waals surface area contributed by atoms with E-state index in [1.54, 1.807) is 0 Å². The Morgan fingerprint density at radius 1 is 0.850 bits per heavy atom. The zero-order valence-corrected chi connectivity index (χ0v) is 11.7. The molecule has 0 saturated carbocycles. The van der Waals surface area contributed by atoms with Gasteiger partial charge in [-0.3, -0.25) is 0 Å². The zero-order chi connectivity index (χ0) is 14.1. The number of hydrogen-bond acceptors (Lipinski definition) is 3. The van der Waals surface area contributed by atoms with Gasteiger partial charge in [-0.1, -0.05) is 50.2 Å². The van der Waals surface area contributed by atoms with E-state index in [9.17, 15) is 0 Å². The molecular formula is C17H17N3. The summed E-state index contributed by atoms with van der Waals surface area (Å²) in [5.41, 5.74) is 10.8. The average molecular weight is 263 g/mol. The molecule has 2 N–H and O–H groups in total. The normalized spacial score (nSPS) is 11.2. The fourth-order valence-electron chi connectivity index (χ4n) is 2.25. The van der Waals surface area contributed by atoms with Gasteiger partial charge in [0.05, 0.1) is 11.0 Å². The molecular weight excluding hydrogens is 246 g/mol. The Bertz CT molecular complexity index is 746. The molecule has 100 valence electrons. The fourth-order valence-corrected chi connectivity index (χ4v) is 2.25. The van der Waals surface area contributed by atoms with Gasteiger partial charge in [-0.05, 0) is 23.6 Å². The van der Waals surface area contributed by atoms with Gasteiger partial charge in [0, 0.05) is 5.56 Å². The second kappa shape index (κ2) is 4.93. The average Bonchev–Trinajstić information content (AvgIpc) is 2.46. The van der Waals surface area contributed by atoms with Crippen LogP contribution in [0.4, 0.5) is 5.82 Å². The minimum atomic E-state index is 0.473. The van der Waals surface area contributed by atoms with E-state index in [2.05, 4.69) is 48.1 Å². The summed E-state index contributed by atoms with van der Waals surface area (Å²) in [5, 5.41) is 0. The first-order valence-corrected chi connectivity index (χ1v) is 6.78. The molecule has 3 nitrogen and oxygen atoms in total. The molecule has 0 spiro atoms. The van der Waals surface area contributed by atoms with Crippen LogP contribution in [0.15, 0.2) is 48.5 Å². The lowest BCUT2D eigenvalue weighted by Crippen LogP contribution is -1.98. The molecule has 1 heterocycles. The molecule has 20 heavy (non-hydrogen) atoms. The summed E-state index contributed by atoms with van der Waals surface area (Å²) in [6.45, 7) is 4.36. The van der Waals surface area contributed by atoms with Crippen LogP contribution in [0, 0.1) is 0 Å². The highest BCUT2D eigenvalue weighted by molar-refractivity contribution is 5.82. The second-order valence-corrected chi connectivity index (χ2v) is 5.22. The van der Waals surface area contributed by atoms with Crippen LogP contribution in [-0.4, -0.2) is 9.97 Å². The van der Waals surface area contributed by atoms with Crippen LogP contribution in [0.1, 0.15) is 25.3 Å². The Balaban J connectivity index is 2.11. The number of rotatable bonds is 2. The maximum absolute atomic E-state index is 6.04. The highest BCUT2D eigenvalue weighted by atomic mass is 14.9. The molecule has 0 radical (unpaired) electrons. The van der Waals surface area contributed by atoms with E-state index in [-0.39, 0.29) is 0 Å². The molecule has 2 aromatic carbocycles. The molecule has 0 aliphatic carbocycles. The monoisotopic (exact) mass is 263 g/mol. The molecule has 1 aromatic heterocycles. The molecule has 0 unspecified atom stereocenters. The highest BCUT2D eigenvalue weighted by Gasteiger charge is 2.08. The summed E-state index contributed by atoms with van der Waals surface area (Å²) in [5.74, 6) is 0.991. The Kier molecular flexibility index (Phi) is 3.11. The molecule has 0 fully saturated rings. The van der Waals surface area contributed by atoms with Crippen molar-refractivity contribution in [2.24, 2.45) is 0 Å². The first kappa shape index (κ1) is 12.6. The van der Waals surface area contributed by atoms with Gasteiger partial charge >= 0.3 is 0 Å². The summed E-state index contributed by atoms with van der Waals surface area (Å²) >= 11 is 0. The smallest absolute Gasteiger partial charge is 0.150 e. The molecule has 0 aliphatic rings. The van der Waals surface area contributed by atoms with E-state index in [0.717, 1.165) is 22.3 Å². The number of hydrogen-bond donors (Lipinski definition) is 1. The molecule has 0 saturated heterocycles. The first-order chi connectivity index (χ1) is 9.65. The van der Waals surface area contributed by atoms with Crippen LogP contribution in [0.3, 0.4) is 0 Å². The Morgan fingerprint density at radius 3 is 2.05 bits per heavy atom. The van der Waals surface area contributed by atoms with Crippen molar-refractivity contribution in [3.63, 3.8) is 0 Å². The van der Waals surface area contributed by atoms with Gasteiger partial charge < -0.3 is 5.73 Å². The number of aromatic nitrogens is 2. The third-order valence-electron chi connectivity index (χ3n) is 3.45. The maximum Gasteiger partial charge on any atom is 0.150 e. The molecule has 0 bridgehead atoms. The van der Waals surface area contributed by atoms with Gasteiger partial charge in [0.2, 0.25) is 0 Å². The van der Waals surface area contributed by atoms with Gasteiger partial charge in [-0.2, -0.15) is 0 Å². The van der Waals surface area contributed by atoms with Crippen LogP contribution in [-0.2, 0) is 0 Å². The highest BCUT2D eigenvalue weighted by Crippen LogP contribution is 2.26. The van der Waals surface area contributed by atoms with Gasteiger partial charge in [0.25, 0.3) is 0 Å². The lowest BCUT2D eigenvalue weighted by molar-refractivity contribution is 0.867. The predicted octanol–water partition coefficient (Wildman–Crippen LogP) is 4.00. The Morgan fingerprint density at radius 2 is 1.45 bits per heavy atom. The molecule has 0 amide bonds. The number of para-hydroxylation sites is 2. The van der Waals surface area contributed by atoms with E-state index in [0.29, 0.717) is 11.7 Å². The summed E-state index contributed by atoms with van der Waals surface area (Å²) in [4.78, 5) is 9.06. The summed E-state index contributed by atoms with van der Waals surface area (Å²) < 4.78 is 0. The Hall–Kier alpha value is -2.42. The largest absolute Gasteiger partial charge is 0.382 e. The summed E-state index contributed by atoms with van der Waals surface area (Å²) in [7, 11) is 0. The van der Waals surface area contributed by atoms with Crippen LogP contribution in [0.5, 0.6) is 0 Å². The molecule has 0 aliphatic heterocycles. The second-order valence-electron chi connectivity index (χ2n) is 5.22. The summed E-state index contributed by atoms with van der Waals surface area (Å²) in [6.07, 6.45) is 0. The topological polar surface area (TPSA) is 51.8 Å². The van der Waals surface area contributed by atoms with Crippen molar-refractivity contribution in [3.05, 3.63) is 54.1 Å². The minimum Gasteiger partial charge on any atom is -0.382 e. The van der Waals surface area contributed by atoms with Gasteiger partial charge in [0.1, 0.15) is 5.69 Å². The van der Waals surface area contributed by atoms with E-state index in [1.807, 2.05) is 24.3 Å². The van der Waals surface area contributed by atoms with Gasteiger partial charge in [0.15, 0.2) is 5.82 Å². The molecule has 0 atom stereocenters. The van der Waals surface area contributed by atoms with E-state index < -0.39 is 0 Å². The lowest BCUT2D eigenvalue weighted by atomic mass is 10.0. The third-order valence-corrected chi connectivity index (χ3v) is 3.45. The predicted molar refractivity (Wildman–Crippen MR) is 83.5 cm³/mol. The number of nitrogens with zero attached hydrogens (tertiary/aromatic N) is 2. The SMILES string of the molecule is CC(C)c1ccc(-c2nc3ccccc3nc2N)cc1. The van der Waals surface area contributed by atoms with Crippen LogP contribution in [0.25, 0.3) is 22.3 Å².